The molecule has 0 spiro atoms. The largest absolute Gasteiger partial charge is 0.497 e. The summed E-state index contributed by atoms with van der Waals surface area (Å²) >= 11 is 0. The van der Waals surface area contributed by atoms with Gasteiger partial charge in [-0.05, 0) is 19.9 Å². The minimum Gasteiger partial charge on any atom is -0.497 e. The van der Waals surface area contributed by atoms with Gasteiger partial charge in [0.1, 0.15) is 11.6 Å². The van der Waals surface area contributed by atoms with Gasteiger partial charge in [-0.25, -0.2) is 4.39 Å². The quantitative estimate of drug-likeness (QED) is 0.901. The fourth-order valence-corrected chi connectivity index (χ4v) is 1.85. The Morgan fingerprint density at radius 1 is 1.42 bits per heavy atom. The van der Waals surface area contributed by atoms with Crippen LogP contribution in [0.25, 0.3) is 0 Å². The summed E-state index contributed by atoms with van der Waals surface area (Å²) in [6.07, 6.45) is 0. The zero-order valence-electron chi connectivity index (χ0n) is 11.2. The summed E-state index contributed by atoms with van der Waals surface area (Å²) in [6.45, 7) is 4.27. The van der Waals surface area contributed by atoms with Crippen LogP contribution in [0.3, 0.4) is 0 Å². The van der Waals surface area contributed by atoms with Gasteiger partial charge in [-0.2, -0.15) is 0 Å². The van der Waals surface area contributed by atoms with Crippen molar-refractivity contribution in [2.75, 3.05) is 7.11 Å². The molecule has 1 aromatic carbocycles. The number of nitrogens with one attached hydrogen (secondary N) is 1. The second-order valence-electron chi connectivity index (χ2n) is 4.42. The molecule has 0 fully saturated rings. The normalized spacial score (nSPS) is 12.4. The van der Waals surface area contributed by atoms with Crippen LogP contribution in [0, 0.1) is 12.7 Å². The van der Waals surface area contributed by atoms with Crippen LogP contribution in [-0.4, -0.2) is 12.3 Å². The van der Waals surface area contributed by atoms with Gasteiger partial charge >= 0.3 is 0 Å². The van der Waals surface area contributed by atoms with Crippen LogP contribution < -0.4 is 10.1 Å². The lowest BCUT2D eigenvalue weighted by Gasteiger charge is -2.14. The second kappa shape index (κ2) is 5.84. The first-order valence-electron chi connectivity index (χ1n) is 6.09. The number of hydrogen-bond acceptors (Lipinski definition) is 4. The summed E-state index contributed by atoms with van der Waals surface area (Å²) in [5.74, 6) is 0.964. The lowest BCUT2D eigenvalue weighted by Crippen LogP contribution is -2.18. The van der Waals surface area contributed by atoms with E-state index in [9.17, 15) is 4.39 Å². The predicted molar refractivity (Wildman–Crippen MR) is 69.4 cm³/mol. The Morgan fingerprint density at radius 2 is 2.21 bits per heavy atom. The Morgan fingerprint density at radius 3 is 2.79 bits per heavy atom. The fraction of sp³-hybridized carbons (Fsp3) is 0.357. The van der Waals surface area contributed by atoms with Crippen molar-refractivity contribution in [3.05, 3.63) is 47.1 Å². The van der Waals surface area contributed by atoms with Gasteiger partial charge in [0.15, 0.2) is 5.76 Å². The highest BCUT2D eigenvalue weighted by molar-refractivity contribution is 5.30. The highest BCUT2D eigenvalue weighted by Gasteiger charge is 2.12. The smallest absolute Gasteiger partial charge is 0.150 e. The average Bonchev–Trinajstić information content (AvgIpc) is 2.81. The van der Waals surface area contributed by atoms with Gasteiger partial charge in [-0.3, -0.25) is 0 Å². The van der Waals surface area contributed by atoms with E-state index in [1.54, 1.807) is 12.1 Å². The van der Waals surface area contributed by atoms with Crippen molar-refractivity contribution in [2.45, 2.75) is 26.4 Å². The molecule has 19 heavy (non-hydrogen) atoms. The minimum atomic E-state index is -0.284. The van der Waals surface area contributed by atoms with E-state index < -0.39 is 0 Å². The van der Waals surface area contributed by atoms with Gasteiger partial charge in [0, 0.05) is 23.7 Å². The van der Waals surface area contributed by atoms with Gasteiger partial charge in [0.25, 0.3) is 0 Å². The Kier molecular flexibility index (Phi) is 4.16. The van der Waals surface area contributed by atoms with Crippen LogP contribution in [-0.2, 0) is 6.54 Å². The van der Waals surface area contributed by atoms with Gasteiger partial charge < -0.3 is 14.6 Å². The maximum atomic E-state index is 13.9. The molecule has 1 N–H and O–H groups in total. The topological polar surface area (TPSA) is 47.3 Å². The number of nitrogens with zero attached hydrogens (tertiary/aromatic N) is 1. The van der Waals surface area contributed by atoms with Gasteiger partial charge in [0.2, 0.25) is 0 Å². The first-order valence-corrected chi connectivity index (χ1v) is 6.09. The zero-order valence-corrected chi connectivity index (χ0v) is 11.2. The number of benzene rings is 1. The molecule has 5 heteroatoms. The third-order valence-corrected chi connectivity index (χ3v) is 2.93. The van der Waals surface area contributed by atoms with Crippen LogP contribution in [0.2, 0.25) is 0 Å². The van der Waals surface area contributed by atoms with E-state index in [2.05, 4.69) is 10.5 Å². The van der Waals surface area contributed by atoms with Crippen molar-refractivity contribution in [1.29, 1.82) is 0 Å². The van der Waals surface area contributed by atoms with Crippen LogP contribution in [0.15, 0.2) is 28.8 Å². The number of ether oxygens (including phenoxy) is 1. The van der Waals surface area contributed by atoms with Gasteiger partial charge in [-0.15, -0.1) is 0 Å². The van der Waals surface area contributed by atoms with Crippen LogP contribution in [0.4, 0.5) is 4.39 Å². The maximum absolute atomic E-state index is 13.9. The maximum Gasteiger partial charge on any atom is 0.150 e. The summed E-state index contributed by atoms with van der Waals surface area (Å²) in [5.41, 5.74) is 1.43. The van der Waals surface area contributed by atoms with Crippen LogP contribution in [0.1, 0.15) is 30.0 Å². The van der Waals surface area contributed by atoms with Crippen molar-refractivity contribution in [3.63, 3.8) is 0 Å². The van der Waals surface area contributed by atoms with E-state index in [-0.39, 0.29) is 11.9 Å². The summed E-state index contributed by atoms with van der Waals surface area (Å²) in [4.78, 5) is 0. The molecular formula is C14H17FN2O2. The first-order chi connectivity index (χ1) is 9.10. The Hall–Kier alpha value is -1.88. The molecule has 0 saturated carbocycles. The molecule has 0 saturated heterocycles. The average molecular weight is 264 g/mol. The van der Waals surface area contributed by atoms with E-state index in [4.69, 9.17) is 9.26 Å². The van der Waals surface area contributed by atoms with E-state index >= 15 is 0 Å². The first kappa shape index (κ1) is 13.5. The van der Waals surface area contributed by atoms with Crippen molar-refractivity contribution in [3.8, 4) is 5.75 Å². The molecule has 0 aliphatic carbocycles. The lowest BCUT2D eigenvalue weighted by atomic mass is 10.1. The molecular weight excluding hydrogens is 247 g/mol. The monoisotopic (exact) mass is 264 g/mol. The number of aryl methyl sites for hydroxylation is 1. The van der Waals surface area contributed by atoms with Crippen LogP contribution >= 0.6 is 0 Å². The highest BCUT2D eigenvalue weighted by atomic mass is 19.1. The fourth-order valence-electron chi connectivity index (χ4n) is 1.85. The molecule has 1 heterocycles. The molecule has 1 unspecified atom stereocenters. The number of rotatable bonds is 5. The number of methoxy groups -OCH3 is 1. The summed E-state index contributed by atoms with van der Waals surface area (Å²) in [5, 5.41) is 6.99. The summed E-state index contributed by atoms with van der Waals surface area (Å²) in [7, 11) is 1.52. The molecule has 0 radical (unpaired) electrons. The molecule has 1 atom stereocenters. The zero-order chi connectivity index (χ0) is 13.8. The van der Waals surface area contributed by atoms with Crippen molar-refractivity contribution in [1.82, 2.24) is 10.5 Å². The lowest BCUT2D eigenvalue weighted by molar-refractivity contribution is 0.361. The number of hydrogen-bond donors (Lipinski definition) is 1. The van der Waals surface area contributed by atoms with E-state index in [0.717, 1.165) is 11.5 Å². The number of aromatic nitrogens is 1. The SMILES string of the molecule is COc1ccc(C(C)NCc2cc(C)no2)c(F)c1. The molecule has 0 aliphatic heterocycles. The second-order valence-corrected chi connectivity index (χ2v) is 4.42. The molecule has 0 bridgehead atoms. The highest BCUT2D eigenvalue weighted by Crippen LogP contribution is 2.22. The molecule has 4 nitrogen and oxygen atoms in total. The Labute approximate surface area is 111 Å². The van der Waals surface area contributed by atoms with Gasteiger partial charge in [0.05, 0.1) is 19.3 Å². The molecule has 1 aromatic heterocycles. The standard InChI is InChI=1S/C14H17FN2O2/c1-9-6-12(19-17-9)8-16-10(2)13-5-4-11(18-3)7-14(13)15/h4-7,10,16H,8H2,1-3H3. The predicted octanol–water partition coefficient (Wildman–Crippen LogP) is 2.98. The Balaban J connectivity index is 2.01. The summed E-state index contributed by atoms with van der Waals surface area (Å²) in [6, 6.07) is 6.57. The van der Waals surface area contributed by atoms with E-state index in [0.29, 0.717) is 17.9 Å². The molecule has 2 aromatic rings. The molecule has 102 valence electrons. The minimum absolute atomic E-state index is 0.128. The van der Waals surface area contributed by atoms with Crippen molar-refractivity contribution in [2.24, 2.45) is 0 Å². The van der Waals surface area contributed by atoms with Crippen molar-refractivity contribution >= 4 is 0 Å². The third kappa shape index (κ3) is 3.32. The van der Waals surface area contributed by atoms with Crippen molar-refractivity contribution < 1.29 is 13.7 Å². The molecule has 0 amide bonds. The van der Waals surface area contributed by atoms with E-state index in [1.807, 2.05) is 19.9 Å². The molecule has 2 rings (SSSR count). The molecule has 0 aliphatic rings. The summed E-state index contributed by atoms with van der Waals surface area (Å²) < 4.78 is 23.9. The third-order valence-electron chi connectivity index (χ3n) is 2.93. The van der Waals surface area contributed by atoms with Crippen LogP contribution in [0.5, 0.6) is 5.75 Å². The van der Waals surface area contributed by atoms with E-state index in [1.165, 1.54) is 13.2 Å². The Bertz CT molecular complexity index is 554. The van der Waals surface area contributed by atoms with Gasteiger partial charge in [-0.1, -0.05) is 11.2 Å². The number of halogens is 1.